The SMILES string of the molecule is CCCBCCCC(C)=O. The Morgan fingerprint density at radius 3 is 2.60 bits per heavy atom. The molecule has 0 aliphatic rings. The summed E-state index contributed by atoms with van der Waals surface area (Å²) in [4.78, 5) is 10.5. The number of carbonyl (C=O) groups excluding carboxylic acids is 1. The Morgan fingerprint density at radius 1 is 1.40 bits per heavy atom. The second-order valence-corrected chi connectivity index (χ2v) is 2.87. The minimum atomic E-state index is 0.330. The van der Waals surface area contributed by atoms with Crippen LogP contribution >= 0.6 is 0 Å². The quantitative estimate of drug-likeness (QED) is 0.407. The van der Waals surface area contributed by atoms with E-state index in [1.54, 1.807) is 6.92 Å². The Balaban J connectivity index is 2.84. The van der Waals surface area contributed by atoms with Crippen molar-refractivity contribution in [1.82, 2.24) is 0 Å². The molecule has 1 nitrogen and oxygen atoms in total. The van der Waals surface area contributed by atoms with Gasteiger partial charge in [-0.1, -0.05) is 32.4 Å². The van der Waals surface area contributed by atoms with Crippen molar-refractivity contribution in [2.75, 3.05) is 0 Å². The van der Waals surface area contributed by atoms with E-state index in [9.17, 15) is 4.79 Å². The van der Waals surface area contributed by atoms with Crippen LogP contribution in [-0.4, -0.2) is 13.1 Å². The third-order valence-corrected chi connectivity index (χ3v) is 1.63. The molecule has 0 aliphatic carbocycles. The maximum atomic E-state index is 10.5. The Bertz CT molecular complexity index is 91.3. The van der Waals surface area contributed by atoms with Crippen LogP contribution in [0.5, 0.6) is 0 Å². The van der Waals surface area contributed by atoms with Crippen molar-refractivity contribution in [1.29, 1.82) is 0 Å². The lowest BCUT2D eigenvalue weighted by Gasteiger charge is -1.94. The van der Waals surface area contributed by atoms with Gasteiger partial charge >= 0.3 is 0 Å². The molecular weight excluding hydrogens is 123 g/mol. The van der Waals surface area contributed by atoms with Crippen LogP contribution in [0, 0.1) is 0 Å². The molecule has 58 valence electrons. The normalized spacial score (nSPS) is 9.40. The van der Waals surface area contributed by atoms with Crippen LogP contribution in [0.4, 0.5) is 0 Å². The number of hydrogen-bond donors (Lipinski definition) is 0. The highest BCUT2D eigenvalue weighted by Gasteiger charge is 1.93. The zero-order chi connectivity index (χ0) is 7.82. The second kappa shape index (κ2) is 6.85. The molecule has 0 bridgehead atoms. The maximum absolute atomic E-state index is 10.5. The van der Waals surface area contributed by atoms with E-state index >= 15 is 0 Å². The number of ketones is 1. The van der Waals surface area contributed by atoms with Gasteiger partial charge in [-0.15, -0.1) is 0 Å². The van der Waals surface area contributed by atoms with E-state index in [-0.39, 0.29) is 0 Å². The predicted molar refractivity (Wildman–Crippen MR) is 47.0 cm³/mol. The molecule has 0 unspecified atom stereocenters. The fourth-order valence-electron chi connectivity index (χ4n) is 0.977. The third-order valence-electron chi connectivity index (χ3n) is 1.63. The van der Waals surface area contributed by atoms with Gasteiger partial charge in [0.1, 0.15) is 13.1 Å². The average molecular weight is 140 g/mol. The molecule has 0 atom stereocenters. The Morgan fingerprint density at radius 2 is 2.10 bits per heavy atom. The first-order chi connectivity index (χ1) is 4.77. The Labute approximate surface area is 64.4 Å². The van der Waals surface area contributed by atoms with Crippen LogP contribution in [0.3, 0.4) is 0 Å². The molecule has 10 heavy (non-hydrogen) atoms. The van der Waals surface area contributed by atoms with Crippen molar-refractivity contribution in [3.8, 4) is 0 Å². The molecule has 0 saturated carbocycles. The fraction of sp³-hybridized carbons (Fsp3) is 0.875. The second-order valence-electron chi connectivity index (χ2n) is 2.87. The monoisotopic (exact) mass is 140 g/mol. The van der Waals surface area contributed by atoms with Crippen molar-refractivity contribution in [2.24, 2.45) is 0 Å². The first-order valence-electron chi connectivity index (χ1n) is 4.26. The van der Waals surface area contributed by atoms with Crippen LogP contribution in [0.2, 0.25) is 12.6 Å². The van der Waals surface area contributed by atoms with E-state index in [0.29, 0.717) is 5.78 Å². The van der Waals surface area contributed by atoms with Gasteiger partial charge in [0.05, 0.1) is 0 Å². The van der Waals surface area contributed by atoms with E-state index in [2.05, 4.69) is 6.92 Å². The summed E-state index contributed by atoms with van der Waals surface area (Å²) in [7, 11) is 1.30. The van der Waals surface area contributed by atoms with Gasteiger partial charge in [-0.3, -0.25) is 0 Å². The maximum Gasteiger partial charge on any atom is 0.129 e. The lowest BCUT2D eigenvalue weighted by atomic mass is 9.69. The van der Waals surface area contributed by atoms with E-state index < -0.39 is 0 Å². The van der Waals surface area contributed by atoms with Crippen molar-refractivity contribution in [2.45, 2.75) is 45.8 Å². The first-order valence-corrected chi connectivity index (χ1v) is 4.26. The minimum Gasteiger partial charge on any atom is -0.300 e. The first kappa shape index (κ1) is 9.73. The molecule has 0 aromatic carbocycles. The summed E-state index contributed by atoms with van der Waals surface area (Å²) >= 11 is 0. The van der Waals surface area contributed by atoms with Gasteiger partial charge in [-0.25, -0.2) is 0 Å². The summed E-state index contributed by atoms with van der Waals surface area (Å²) in [5.41, 5.74) is 0. The molecule has 0 aromatic rings. The van der Waals surface area contributed by atoms with Gasteiger partial charge in [-0.2, -0.15) is 0 Å². The molecule has 0 aliphatic heterocycles. The number of hydrogen-bond acceptors (Lipinski definition) is 1. The van der Waals surface area contributed by atoms with Gasteiger partial charge in [0.15, 0.2) is 0 Å². The van der Waals surface area contributed by atoms with Gasteiger partial charge in [-0.05, 0) is 6.92 Å². The van der Waals surface area contributed by atoms with E-state index in [1.807, 2.05) is 0 Å². The lowest BCUT2D eigenvalue weighted by molar-refractivity contribution is -0.117. The van der Waals surface area contributed by atoms with Gasteiger partial charge in [0, 0.05) is 6.42 Å². The highest BCUT2D eigenvalue weighted by atomic mass is 16.1. The summed E-state index contributed by atoms with van der Waals surface area (Å²) in [5.74, 6) is 0.330. The molecule has 0 amide bonds. The molecule has 0 heterocycles. The van der Waals surface area contributed by atoms with Gasteiger partial charge in [0.25, 0.3) is 0 Å². The standard InChI is InChI=1S/C8H17BO/c1-3-6-9-7-4-5-8(2)10/h9H,3-7H2,1-2H3. The smallest absolute Gasteiger partial charge is 0.129 e. The lowest BCUT2D eigenvalue weighted by Crippen LogP contribution is -1.92. The molecule has 2 heteroatoms. The average Bonchev–Trinajstić information content (AvgIpc) is 1.87. The summed E-state index contributed by atoms with van der Waals surface area (Å²) in [5, 5.41) is 0. The molecule has 0 spiro atoms. The van der Waals surface area contributed by atoms with E-state index in [4.69, 9.17) is 0 Å². The molecule has 0 rings (SSSR count). The van der Waals surface area contributed by atoms with Crippen LogP contribution < -0.4 is 0 Å². The minimum absolute atomic E-state index is 0.330. The van der Waals surface area contributed by atoms with Crippen molar-refractivity contribution in [3.05, 3.63) is 0 Å². The van der Waals surface area contributed by atoms with Gasteiger partial charge in [0.2, 0.25) is 0 Å². The Kier molecular flexibility index (Phi) is 6.67. The summed E-state index contributed by atoms with van der Waals surface area (Å²) in [6.07, 6.45) is 5.70. The molecular formula is C8H17BO. The fourth-order valence-corrected chi connectivity index (χ4v) is 0.977. The van der Waals surface area contributed by atoms with Crippen LogP contribution in [0.25, 0.3) is 0 Å². The number of Topliss-reactive ketones (excluding diaryl/α,β-unsaturated/α-hetero) is 1. The largest absolute Gasteiger partial charge is 0.300 e. The number of rotatable bonds is 6. The van der Waals surface area contributed by atoms with Crippen molar-refractivity contribution >= 4 is 13.1 Å². The van der Waals surface area contributed by atoms with Crippen LogP contribution in [0.15, 0.2) is 0 Å². The van der Waals surface area contributed by atoms with E-state index in [1.165, 1.54) is 26.3 Å². The van der Waals surface area contributed by atoms with Crippen LogP contribution in [-0.2, 0) is 4.79 Å². The highest BCUT2D eigenvalue weighted by Crippen LogP contribution is 1.99. The highest BCUT2D eigenvalue weighted by molar-refractivity contribution is 6.35. The Hall–Kier alpha value is -0.265. The van der Waals surface area contributed by atoms with Crippen LogP contribution in [0.1, 0.15) is 33.1 Å². The predicted octanol–water partition coefficient (Wildman–Crippen LogP) is 2.04. The summed E-state index contributed by atoms with van der Waals surface area (Å²) in [6, 6.07) is 0. The summed E-state index contributed by atoms with van der Waals surface area (Å²) in [6.45, 7) is 3.87. The molecule has 0 saturated heterocycles. The topological polar surface area (TPSA) is 17.1 Å². The summed E-state index contributed by atoms with van der Waals surface area (Å²) < 4.78 is 0. The van der Waals surface area contributed by atoms with Crippen molar-refractivity contribution in [3.63, 3.8) is 0 Å². The van der Waals surface area contributed by atoms with Gasteiger partial charge < -0.3 is 4.79 Å². The molecule has 0 N–H and O–H groups in total. The van der Waals surface area contributed by atoms with Crippen molar-refractivity contribution < 1.29 is 4.79 Å². The number of carbonyl (C=O) groups is 1. The molecule has 0 radical (unpaired) electrons. The zero-order valence-electron chi connectivity index (χ0n) is 7.15. The molecule has 0 aromatic heterocycles. The van der Waals surface area contributed by atoms with E-state index in [0.717, 1.165) is 12.8 Å². The molecule has 0 fully saturated rings. The zero-order valence-corrected chi connectivity index (χ0v) is 7.15. The third kappa shape index (κ3) is 7.73.